The predicted octanol–water partition coefficient (Wildman–Crippen LogP) is 3.88. The molecule has 1 aromatic heterocycles. The highest BCUT2D eigenvalue weighted by molar-refractivity contribution is 9.10. The summed E-state index contributed by atoms with van der Waals surface area (Å²) in [6, 6.07) is 5.39. The average Bonchev–Trinajstić information content (AvgIpc) is 2.59. The molecule has 0 radical (unpaired) electrons. The molecule has 0 spiro atoms. The highest BCUT2D eigenvalue weighted by Crippen LogP contribution is 2.24. The Hall–Kier alpha value is -1.13. The van der Waals surface area contributed by atoms with Crippen molar-refractivity contribution in [3.63, 3.8) is 0 Å². The first kappa shape index (κ1) is 14.3. The first-order valence-electron chi connectivity index (χ1n) is 5.88. The van der Waals surface area contributed by atoms with Gasteiger partial charge in [-0.2, -0.15) is 5.10 Å². The number of aromatic nitrogens is 2. The number of carbonyl (C=O) groups is 1. The molecule has 0 aliphatic heterocycles. The molecule has 0 fully saturated rings. The standard InChI is InChI=1S/C14H14BrClN2O/c1-8-10(5-4-6-11(8)16)13(19)7-12-14(15)9(2)17-18(12)3/h4-6H,7H2,1-3H3. The maximum absolute atomic E-state index is 12.4. The lowest BCUT2D eigenvalue weighted by Crippen LogP contribution is -2.10. The van der Waals surface area contributed by atoms with Crippen LogP contribution in [0.4, 0.5) is 0 Å². The van der Waals surface area contributed by atoms with Crippen LogP contribution < -0.4 is 0 Å². The summed E-state index contributed by atoms with van der Waals surface area (Å²) >= 11 is 9.52. The van der Waals surface area contributed by atoms with Crippen LogP contribution in [-0.4, -0.2) is 15.6 Å². The minimum absolute atomic E-state index is 0.0451. The number of Topliss-reactive ketones (excluding diaryl/α,β-unsaturated/α-hetero) is 1. The van der Waals surface area contributed by atoms with Gasteiger partial charge in [0.25, 0.3) is 0 Å². The van der Waals surface area contributed by atoms with Gasteiger partial charge in [-0.3, -0.25) is 9.48 Å². The fraction of sp³-hybridized carbons (Fsp3) is 0.286. The zero-order valence-electron chi connectivity index (χ0n) is 11.0. The quantitative estimate of drug-likeness (QED) is 0.794. The SMILES string of the molecule is Cc1nn(C)c(CC(=O)c2cccc(Cl)c2C)c1Br. The Labute approximate surface area is 125 Å². The summed E-state index contributed by atoms with van der Waals surface area (Å²) < 4.78 is 2.63. The molecule has 3 nitrogen and oxygen atoms in total. The van der Waals surface area contributed by atoms with Crippen LogP contribution in [0, 0.1) is 13.8 Å². The van der Waals surface area contributed by atoms with Gasteiger partial charge in [0.1, 0.15) is 0 Å². The second-order valence-electron chi connectivity index (χ2n) is 4.48. The molecule has 2 aromatic rings. The molecule has 5 heteroatoms. The van der Waals surface area contributed by atoms with Crippen LogP contribution >= 0.6 is 27.5 Å². The van der Waals surface area contributed by atoms with Gasteiger partial charge in [0.2, 0.25) is 0 Å². The third-order valence-electron chi connectivity index (χ3n) is 3.16. The maximum Gasteiger partial charge on any atom is 0.169 e. The summed E-state index contributed by atoms with van der Waals surface area (Å²) in [6.45, 7) is 3.77. The van der Waals surface area contributed by atoms with Crippen LogP contribution in [0.25, 0.3) is 0 Å². The minimum atomic E-state index is 0.0451. The van der Waals surface area contributed by atoms with E-state index in [1.54, 1.807) is 22.9 Å². The van der Waals surface area contributed by atoms with Crippen LogP contribution in [0.1, 0.15) is 27.3 Å². The summed E-state index contributed by atoms with van der Waals surface area (Å²) in [5, 5.41) is 4.91. The van der Waals surface area contributed by atoms with Crippen molar-refractivity contribution in [3.05, 3.63) is 50.2 Å². The van der Waals surface area contributed by atoms with Crippen molar-refractivity contribution >= 4 is 33.3 Å². The lowest BCUT2D eigenvalue weighted by atomic mass is 10.0. The number of rotatable bonds is 3. The number of hydrogen-bond donors (Lipinski definition) is 0. The van der Waals surface area contributed by atoms with Crippen LogP contribution in [-0.2, 0) is 13.5 Å². The van der Waals surface area contributed by atoms with E-state index in [0.717, 1.165) is 21.4 Å². The molecule has 19 heavy (non-hydrogen) atoms. The fourth-order valence-electron chi connectivity index (χ4n) is 2.03. The number of hydrogen-bond acceptors (Lipinski definition) is 2. The minimum Gasteiger partial charge on any atom is -0.294 e. The van der Waals surface area contributed by atoms with Crippen molar-refractivity contribution in [2.75, 3.05) is 0 Å². The molecule has 2 rings (SSSR count). The smallest absolute Gasteiger partial charge is 0.169 e. The van der Waals surface area contributed by atoms with Crippen molar-refractivity contribution < 1.29 is 4.79 Å². The highest BCUT2D eigenvalue weighted by Gasteiger charge is 2.17. The molecule has 0 atom stereocenters. The zero-order chi connectivity index (χ0) is 14.2. The van der Waals surface area contributed by atoms with Gasteiger partial charge < -0.3 is 0 Å². The largest absolute Gasteiger partial charge is 0.294 e. The molecular formula is C14H14BrClN2O. The molecule has 0 unspecified atom stereocenters. The summed E-state index contributed by atoms with van der Waals surface area (Å²) in [5.74, 6) is 0.0451. The molecule has 0 saturated heterocycles. The van der Waals surface area contributed by atoms with Crippen molar-refractivity contribution in [2.24, 2.45) is 7.05 Å². The third-order valence-corrected chi connectivity index (χ3v) is 4.60. The molecule has 1 aromatic carbocycles. The Morgan fingerprint density at radius 2 is 2.11 bits per heavy atom. The third kappa shape index (κ3) is 2.74. The number of benzene rings is 1. The number of ketones is 1. The number of aryl methyl sites for hydroxylation is 2. The number of halogens is 2. The van der Waals surface area contributed by atoms with Crippen LogP contribution in [0.5, 0.6) is 0 Å². The van der Waals surface area contributed by atoms with E-state index in [0.29, 0.717) is 17.0 Å². The topological polar surface area (TPSA) is 34.9 Å². The summed E-state index contributed by atoms with van der Waals surface area (Å²) in [7, 11) is 1.84. The van der Waals surface area contributed by atoms with Crippen LogP contribution in [0.2, 0.25) is 5.02 Å². The lowest BCUT2D eigenvalue weighted by molar-refractivity contribution is 0.0990. The van der Waals surface area contributed by atoms with E-state index >= 15 is 0 Å². The predicted molar refractivity (Wildman–Crippen MR) is 79.9 cm³/mol. The Bertz CT molecular complexity index is 649. The molecule has 0 saturated carbocycles. The normalized spacial score (nSPS) is 10.8. The second kappa shape index (κ2) is 5.47. The Kier molecular flexibility index (Phi) is 4.11. The van der Waals surface area contributed by atoms with Gasteiger partial charge in [0.05, 0.1) is 22.3 Å². The maximum atomic E-state index is 12.4. The van der Waals surface area contributed by atoms with Gasteiger partial charge in [0.15, 0.2) is 5.78 Å². The van der Waals surface area contributed by atoms with E-state index in [1.165, 1.54) is 0 Å². The van der Waals surface area contributed by atoms with Gasteiger partial charge in [-0.15, -0.1) is 0 Å². The average molecular weight is 342 g/mol. The monoisotopic (exact) mass is 340 g/mol. The van der Waals surface area contributed by atoms with Gasteiger partial charge in [-0.1, -0.05) is 23.7 Å². The second-order valence-corrected chi connectivity index (χ2v) is 5.68. The first-order chi connectivity index (χ1) is 8.91. The highest BCUT2D eigenvalue weighted by atomic mass is 79.9. The van der Waals surface area contributed by atoms with Gasteiger partial charge in [-0.25, -0.2) is 0 Å². The molecule has 0 aliphatic carbocycles. The van der Waals surface area contributed by atoms with E-state index in [1.807, 2.05) is 20.9 Å². The van der Waals surface area contributed by atoms with Crippen LogP contribution in [0.15, 0.2) is 22.7 Å². The molecule has 0 aliphatic rings. The van der Waals surface area contributed by atoms with E-state index in [9.17, 15) is 4.79 Å². The van der Waals surface area contributed by atoms with Crippen molar-refractivity contribution in [2.45, 2.75) is 20.3 Å². The van der Waals surface area contributed by atoms with Gasteiger partial charge >= 0.3 is 0 Å². The molecule has 0 bridgehead atoms. The molecule has 0 N–H and O–H groups in total. The molecule has 100 valence electrons. The van der Waals surface area contributed by atoms with Gasteiger partial charge in [0, 0.05) is 17.6 Å². The van der Waals surface area contributed by atoms with Crippen LogP contribution in [0.3, 0.4) is 0 Å². The number of carbonyl (C=O) groups excluding carboxylic acids is 1. The van der Waals surface area contributed by atoms with Crippen molar-refractivity contribution in [1.29, 1.82) is 0 Å². The van der Waals surface area contributed by atoms with E-state index in [4.69, 9.17) is 11.6 Å². The molecule has 0 amide bonds. The van der Waals surface area contributed by atoms with Crippen molar-refractivity contribution in [1.82, 2.24) is 9.78 Å². The van der Waals surface area contributed by atoms with E-state index < -0.39 is 0 Å². The van der Waals surface area contributed by atoms with E-state index in [2.05, 4.69) is 21.0 Å². The van der Waals surface area contributed by atoms with E-state index in [-0.39, 0.29) is 5.78 Å². The summed E-state index contributed by atoms with van der Waals surface area (Å²) in [4.78, 5) is 12.4. The fourth-order valence-corrected chi connectivity index (χ4v) is 2.68. The summed E-state index contributed by atoms with van der Waals surface area (Å²) in [5.41, 5.74) is 3.25. The first-order valence-corrected chi connectivity index (χ1v) is 7.05. The summed E-state index contributed by atoms with van der Waals surface area (Å²) in [6.07, 6.45) is 0.305. The Balaban J connectivity index is 2.34. The molecular weight excluding hydrogens is 328 g/mol. The Morgan fingerprint density at radius 3 is 2.68 bits per heavy atom. The van der Waals surface area contributed by atoms with Crippen molar-refractivity contribution in [3.8, 4) is 0 Å². The lowest BCUT2D eigenvalue weighted by Gasteiger charge is -2.07. The Morgan fingerprint density at radius 1 is 1.42 bits per heavy atom. The zero-order valence-corrected chi connectivity index (χ0v) is 13.3. The number of nitrogens with zero attached hydrogens (tertiary/aromatic N) is 2. The molecule has 1 heterocycles. The van der Waals surface area contributed by atoms with Gasteiger partial charge in [-0.05, 0) is 41.4 Å².